The number of amides is 1. The summed E-state index contributed by atoms with van der Waals surface area (Å²) in [4.78, 5) is 24.9. The first-order valence-electron chi connectivity index (χ1n) is 6.28. The smallest absolute Gasteiger partial charge is 0.266 e. The average Bonchev–Trinajstić information content (AvgIpc) is 2.71. The van der Waals surface area contributed by atoms with E-state index in [9.17, 15) is 14.7 Å². The van der Waals surface area contributed by atoms with E-state index in [0.717, 1.165) is 16.7 Å². The molecule has 1 fully saturated rings. The van der Waals surface area contributed by atoms with Gasteiger partial charge in [0.25, 0.3) is 5.91 Å². The number of nitrogens with zero attached hydrogens (tertiary/aromatic N) is 1. The quantitative estimate of drug-likeness (QED) is 0.598. The molecule has 0 bridgehead atoms. The van der Waals surface area contributed by atoms with Crippen molar-refractivity contribution in [2.45, 2.75) is 19.4 Å². The zero-order valence-electron chi connectivity index (χ0n) is 11.3. The van der Waals surface area contributed by atoms with Crippen molar-refractivity contribution in [1.82, 2.24) is 4.90 Å². The maximum absolute atomic E-state index is 12.4. The van der Waals surface area contributed by atoms with Gasteiger partial charge in [0.1, 0.15) is 4.32 Å². The molecule has 0 spiro atoms. The van der Waals surface area contributed by atoms with Crippen molar-refractivity contribution in [3.8, 4) is 0 Å². The van der Waals surface area contributed by atoms with Crippen LogP contribution in [0.25, 0.3) is 6.08 Å². The maximum Gasteiger partial charge on any atom is 0.266 e. The molecule has 1 atom stereocenters. The minimum Gasteiger partial charge on any atom is -0.548 e. The molecule has 0 saturated carbocycles. The van der Waals surface area contributed by atoms with E-state index in [1.807, 2.05) is 0 Å². The van der Waals surface area contributed by atoms with Crippen LogP contribution in [0.3, 0.4) is 0 Å². The summed E-state index contributed by atoms with van der Waals surface area (Å²) < 4.78 is 0.176. The summed E-state index contributed by atoms with van der Waals surface area (Å²) in [6, 6.07) is 3.91. The Morgan fingerprint density at radius 2 is 2.05 bits per heavy atom. The molecular weight excluding hydrogens is 365 g/mol. The van der Waals surface area contributed by atoms with Gasteiger partial charge in [-0.3, -0.25) is 9.69 Å². The number of thiocarbonyl (C=S) groups is 1. The van der Waals surface area contributed by atoms with Gasteiger partial charge in [-0.1, -0.05) is 60.2 Å². The molecule has 8 heteroatoms. The number of carboxylic acid groups (broad SMARTS) is 1. The first-order valence-corrected chi connectivity index (χ1v) is 8.26. The van der Waals surface area contributed by atoms with Crippen LogP contribution < -0.4 is 5.11 Å². The molecule has 116 valence electrons. The lowest BCUT2D eigenvalue weighted by Crippen LogP contribution is -2.49. The Bertz CT molecular complexity index is 670. The van der Waals surface area contributed by atoms with Gasteiger partial charge in [0.05, 0.1) is 16.9 Å². The van der Waals surface area contributed by atoms with Crippen LogP contribution in [0.2, 0.25) is 10.0 Å². The molecule has 1 heterocycles. The van der Waals surface area contributed by atoms with Crippen molar-refractivity contribution in [1.29, 1.82) is 0 Å². The van der Waals surface area contributed by atoms with Crippen LogP contribution in [0.1, 0.15) is 18.9 Å². The molecule has 0 unspecified atom stereocenters. The van der Waals surface area contributed by atoms with E-state index in [-0.39, 0.29) is 15.6 Å². The predicted molar refractivity (Wildman–Crippen MR) is 90.6 cm³/mol. The van der Waals surface area contributed by atoms with E-state index in [2.05, 4.69) is 0 Å². The van der Waals surface area contributed by atoms with Crippen LogP contribution in [0, 0.1) is 0 Å². The van der Waals surface area contributed by atoms with Crippen molar-refractivity contribution in [2.24, 2.45) is 0 Å². The molecule has 1 aromatic carbocycles. The van der Waals surface area contributed by atoms with E-state index < -0.39 is 17.9 Å². The largest absolute Gasteiger partial charge is 0.548 e. The van der Waals surface area contributed by atoms with E-state index in [1.54, 1.807) is 25.1 Å². The topological polar surface area (TPSA) is 60.4 Å². The van der Waals surface area contributed by atoms with Crippen molar-refractivity contribution >= 4 is 69.5 Å². The number of carboxylic acids is 1. The molecule has 0 aromatic heterocycles. The molecule has 1 aliphatic heterocycles. The summed E-state index contributed by atoms with van der Waals surface area (Å²) >= 11 is 18.3. The Balaban J connectivity index is 2.40. The predicted octanol–water partition coefficient (Wildman–Crippen LogP) is 2.72. The van der Waals surface area contributed by atoms with Gasteiger partial charge in [-0.25, -0.2) is 0 Å². The molecule has 2 rings (SSSR count). The highest BCUT2D eigenvalue weighted by molar-refractivity contribution is 8.26. The van der Waals surface area contributed by atoms with Crippen molar-refractivity contribution < 1.29 is 14.7 Å². The van der Waals surface area contributed by atoms with Gasteiger partial charge in [-0.05, 0) is 24.6 Å². The average molecular weight is 375 g/mol. The molecular formula is C14H10Cl2NO3S2-. The standard InChI is InChI=1S/C14H11Cl2NO3S2/c1-2-10(13(19)20)17-12(18)11(22-14(17)21)6-7-8(15)4-3-5-9(7)16/h3-6,10H,2H2,1H3,(H,19,20)/p-1/b11-6-/t10-/m1/s1. The zero-order valence-corrected chi connectivity index (χ0v) is 14.5. The fraction of sp³-hybridized carbons (Fsp3) is 0.214. The Hall–Kier alpha value is -1.08. The number of hydrogen-bond acceptors (Lipinski definition) is 5. The summed E-state index contributed by atoms with van der Waals surface area (Å²) in [5.41, 5.74) is 0.493. The van der Waals surface area contributed by atoms with Gasteiger partial charge >= 0.3 is 0 Å². The van der Waals surface area contributed by atoms with Crippen molar-refractivity contribution in [3.05, 3.63) is 38.7 Å². The molecule has 1 amide bonds. The van der Waals surface area contributed by atoms with Gasteiger partial charge in [-0.2, -0.15) is 0 Å². The van der Waals surface area contributed by atoms with Crippen LogP contribution in [-0.4, -0.2) is 27.1 Å². The van der Waals surface area contributed by atoms with Crippen molar-refractivity contribution in [2.75, 3.05) is 0 Å². The minimum absolute atomic E-state index is 0.176. The van der Waals surface area contributed by atoms with Gasteiger partial charge in [0.15, 0.2) is 0 Å². The van der Waals surface area contributed by atoms with Gasteiger partial charge < -0.3 is 9.90 Å². The lowest BCUT2D eigenvalue weighted by atomic mass is 10.1. The number of carbonyl (C=O) groups excluding carboxylic acids is 2. The number of hydrogen-bond donors (Lipinski definition) is 0. The van der Waals surface area contributed by atoms with Crippen LogP contribution in [0.15, 0.2) is 23.1 Å². The van der Waals surface area contributed by atoms with Crippen molar-refractivity contribution in [3.63, 3.8) is 0 Å². The van der Waals surface area contributed by atoms with Gasteiger partial charge in [0.2, 0.25) is 0 Å². The number of thioether (sulfide) groups is 1. The van der Waals surface area contributed by atoms with Crippen LogP contribution in [0.4, 0.5) is 0 Å². The lowest BCUT2D eigenvalue weighted by molar-refractivity contribution is -0.310. The lowest BCUT2D eigenvalue weighted by Gasteiger charge is -2.26. The second-order valence-corrected chi connectivity index (χ2v) is 6.92. The van der Waals surface area contributed by atoms with E-state index >= 15 is 0 Å². The summed E-state index contributed by atoms with van der Waals surface area (Å²) in [5, 5.41) is 11.9. The number of halogens is 2. The third kappa shape index (κ3) is 3.30. The van der Waals surface area contributed by atoms with Crippen LogP contribution >= 0.6 is 47.2 Å². The first-order chi connectivity index (χ1) is 10.4. The molecule has 0 N–H and O–H groups in total. The van der Waals surface area contributed by atoms with E-state index in [1.165, 1.54) is 6.08 Å². The third-order valence-electron chi connectivity index (χ3n) is 3.07. The third-order valence-corrected chi connectivity index (χ3v) is 5.06. The Morgan fingerprint density at radius 1 is 1.45 bits per heavy atom. The molecule has 4 nitrogen and oxygen atoms in total. The fourth-order valence-corrected chi connectivity index (χ4v) is 3.83. The van der Waals surface area contributed by atoms with Crippen LogP contribution in [-0.2, 0) is 9.59 Å². The molecule has 0 aliphatic carbocycles. The second kappa shape index (κ2) is 7.00. The number of aliphatic carboxylic acids is 1. The number of carbonyl (C=O) groups is 2. The summed E-state index contributed by atoms with van der Waals surface area (Å²) in [6.07, 6.45) is 1.72. The summed E-state index contributed by atoms with van der Waals surface area (Å²) in [5.74, 6) is -1.82. The molecule has 1 saturated heterocycles. The zero-order chi connectivity index (χ0) is 16.4. The van der Waals surface area contributed by atoms with Gasteiger partial charge in [0, 0.05) is 15.6 Å². The maximum atomic E-state index is 12.4. The highest BCUT2D eigenvalue weighted by Crippen LogP contribution is 2.36. The summed E-state index contributed by atoms with van der Waals surface area (Å²) in [6.45, 7) is 1.65. The van der Waals surface area contributed by atoms with E-state index in [4.69, 9.17) is 35.4 Å². The minimum atomic E-state index is -1.34. The fourth-order valence-electron chi connectivity index (χ4n) is 1.98. The Kier molecular flexibility index (Phi) is 5.50. The highest BCUT2D eigenvalue weighted by Gasteiger charge is 2.37. The Labute approximate surface area is 147 Å². The normalized spacial score (nSPS) is 18.1. The van der Waals surface area contributed by atoms with E-state index in [0.29, 0.717) is 15.6 Å². The highest BCUT2D eigenvalue weighted by atomic mass is 35.5. The second-order valence-electron chi connectivity index (χ2n) is 4.43. The first kappa shape index (κ1) is 17.3. The Morgan fingerprint density at radius 3 is 2.55 bits per heavy atom. The van der Waals surface area contributed by atoms with Crippen LogP contribution in [0.5, 0.6) is 0 Å². The summed E-state index contributed by atoms with van der Waals surface area (Å²) in [7, 11) is 0. The molecule has 22 heavy (non-hydrogen) atoms. The number of benzene rings is 1. The van der Waals surface area contributed by atoms with Gasteiger partial charge in [-0.15, -0.1) is 0 Å². The molecule has 1 aliphatic rings. The SMILES string of the molecule is CC[C@H](C(=O)[O-])N1C(=O)/C(=C/c2c(Cl)cccc2Cl)SC1=S. The number of rotatable bonds is 4. The molecule has 1 aromatic rings. The molecule has 0 radical (unpaired) electrons. The monoisotopic (exact) mass is 374 g/mol.